The van der Waals surface area contributed by atoms with Crippen LogP contribution >= 0.6 is 11.8 Å². The SMILES string of the molecule is CCOc1ccc(NC(=O)CSc2nnc(-c3cccc(C)c3)n2CC)cc1. The number of amides is 1. The maximum absolute atomic E-state index is 12.3. The topological polar surface area (TPSA) is 69.0 Å². The molecule has 28 heavy (non-hydrogen) atoms. The lowest BCUT2D eigenvalue weighted by Crippen LogP contribution is -2.14. The van der Waals surface area contributed by atoms with Crippen molar-refractivity contribution in [3.8, 4) is 17.1 Å². The van der Waals surface area contributed by atoms with Gasteiger partial charge in [0.2, 0.25) is 5.91 Å². The first-order chi connectivity index (χ1) is 13.6. The van der Waals surface area contributed by atoms with E-state index < -0.39 is 0 Å². The fourth-order valence-electron chi connectivity index (χ4n) is 2.81. The smallest absolute Gasteiger partial charge is 0.234 e. The van der Waals surface area contributed by atoms with Gasteiger partial charge in [-0.05, 0) is 51.1 Å². The summed E-state index contributed by atoms with van der Waals surface area (Å²) in [5.41, 5.74) is 2.94. The number of anilines is 1. The van der Waals surface area contributed by atoms with Crippen LogP contribution in [0.15, 0.2) is 53.7 Å². The minimum absolute atomic E-state index is 0.0862. The van der Waals surface area contributed by atoms with Crippen molar-refractivity contribution in [1.82, 2.24) is 14.8 Å². The van der Waals surface area contributed by atoms with Gasteiger partial charge in [-0.1, -0.05) is 35.5 Å². The van der Waals surface area contributed by atoms with E-state index in [1.54, 1.807) is 0 Å². The molecular formula is C21H24N4O2S. The molecule has 1 aromatic heterocycles. The Labute approximate surface area is 169 Å². The molecule has 1 amide bonds. The molecule has 2 aromatic carbocycles. The second kappa shape index (κ2) is 9.41. The van der Waals surface area contributed by atoms with Crippen LogP contribution in [-0.2, 0) is 11.3 Å². The molecule has 0 spiro atoms. The number of carbonyl (C=O) groups excluding carboxylic acids is 1. The van der Waals surface area contributed by atoms with Crippen molar-refractivity contribution >= 4 is 23.4 Å². The fraction of sp³-hybridized carbons (Fsp3) is 0.286. The van der Waals surface area contributed by atoms with Gasteiger partial charge in [0.05, 0.1) is 12.4 Å². The van der Waals surface area contributed by atoms with E-state index in [2.05, 4.69) is 34.6 Å². The van der Waals surface area contributed by atoms with Crippen molar-refractivity contribution in [2.24, 2.45) is 0 Å². The molecule has 0 aliphatic heterocycles. The number of benzene rings is 2. The van der Waals surface area contributed by atoms with Crippen LogP contribution in [-0.4, -0.2) is 33.0 Å². The molecule has 0 aliphatic rings. The van der Waals surface area contributed by atoms with Crippen LogP contribution in [0.2, 0.25) is 0 Å². The molecule has 0 radical (unpaired) electrons. The van der Waals surface area contributed by atoms with Crippen molar-refractivity contribution < 1.29 is 9.53 Å². The molecular weight excluding hydrogens is 372 g/mol. The number of nitrogens with one attached hydrogen (secondary N) is 1. The highest BCUT2D eigenvalue weighted by atomic mass is 32.2. The van der Waals surface area contributed by atoms with Crippen LogP contribution in [0.5, 0.6) is 5.75 Å². The summed E-state index contributed by atoms with van der Waals surface area (Å²) in [6.45, 7) is 7.39. The third-order valence-electron chi connectivity index (χ3n) is 4.09. The number of hydrogen-bond acceptors (Lipinski definition) is 5. The van der Waals surface area contributed by atoms with Crippen LogP contribution in [0.25, 0.3) is 11.4 Å². The predicted octanol–water partition coefficient (Wildman–Crippen LogP) is 4.40. The normalized spacial score (nSPS) is 10.7. The Morgan fingerprint density at radius 3 is 2.61 bits per heavy atom. The maximum atomic E-state index is 12.3. The molecule has 0 fully saturated rings. The Balaban J connectivity index is 1.63. The van der Waals surface area contributed by atoms with Gasteiger partial charge in [-0.3, -0.25) is 4.79 Å². The standard InChI is InChI=1S/C21H24N4O2S/c1-4-25-20(16-8-6-7-15(3)13-16)23-24-21(25)28-14-19(26)22-17-9-11-18(12-10-17)27-5-2/h6-13H,4-5,14H2,1-3H3,(H,22,26). The average Bonchev–Trinajstić information content (AvgIpc) is 3.11. The second-order valence-corrected chi connectivity index (χ2v) is 7.16. The lowest BCUT2D eigenvalue weighted by atomic mass is 10.1. The van der Waals surface area contributed by atoms with Gasteiger partial charge >= 0.3 is 0 Å². The van der Waals surface area contributed by atoms with Crippen LogP contribution < -0.4 is 10.1 Å². The number of ether oxygens (including phenoxy) is 1. The molecule has 146 valence electrons. The summed E-state index contributed by atoms with van der Waals surface area (Å²) in [5, 5.41) is 12.2. The minimum atomic E-state index is -0.0862. The molecule has 3 rings (SSSR count). The van der Waals surface area contributed by atoms with Gasteiger partial charge in [0.25, 0.3) is 0 Å². The van der Waals surface area contributed by atoms with Gasteiger partial charge < -0.3 is 14.6 Å². The van der Waals surface area contributed by atoms with Crippen LogP contribution in [0.3, 0.4) is 0 Å². The third-order valence-corrected chi connectivity index (χ3v) is 5.06. The summed E-state index contributed by atoms with van der Waals surface area (Å²) in [7, 11) is 0. The van der Waals surface area contributed by atoms with Crippen molar-refractivity contribution in [1.29, 1.82) is 0 Å². The Kier molecular flexibility index (Phi) is 6.71. The number of carbonyl (C=O) groups is 1. The van der Waals surface area contributed by atoms with Gasteiger partial charge in [0, 0.05) is 17.8 Å². The number of aryl methyl sites for hydroxylation is 1. The van der Waals surface area contributed by atoms with Crippen molar-refractivity contribution in [3.05, 3.63) is 54.1 Å². The second-order valence-electron chi connectivity index (χ2n) is 6.21. The molecule has 0 saturated heterocycles. The predicted molar refractivity (Wildman–Crippen MR) is 113 cm³/mol. The van der Waals surface area contributed by atoms with Crippen LogP contribution in [0.4, 0.5) is 5.69 Å². The Hall–Kier alpha value is -2.80. The molecule has 0 saturated carbocycles. The summed E-state index contributed by atoms with van der Waals surface area (Å²) in [6.07, 6.45) is 0. The number of aromatic nitrogens is 3. The first-order valence-corrected chi connectivity index (χ1v) is 10.2. The zero-order valence-corrected chi connectivity index (χ0v) is 17.1. The van der Waals surface area contributed by atoms with Crippen molar-refractivity contribution in [2.45, 2.75) is 32.5 Å². The molecule has 1 N–H and O–H groups in total. The van der Waals surface area contributed by atoms with E-state index in [1.165, 1.54) is 17.3 Å². The maximum Gasteiger partial charge on any atom is 0.234 e. The summed E-state index contributed by atoms with van der Waals surface area (Å²) in [5.74, 6) is 1.78. The number of thioether (sulfide) groups is 1. The highest BCUT2D eigenvalue weighted by Crippen LogP contribution is 2.25. The van der Waals surface area contributed by atoms with Gasteiger partial charge in [-0.2, -0.15) is 0 Å². The summed E-state index contributed by atoms with van der Waals surface area (Å²) < 4.78 is 7.44. The van der Waals surface area contributed by atoms with Gasteiger partial charge in [-0.25, -0.2) is 0 Å². The minimum Gasteiger partial charge on any atom is -0.494 e. The zero-order chi connectivity index (χ0) is 19.9. The fourth-order valence-corrected chi connectivity index (χ4v) is 3.61. The Morgan fingerprint density at radius 2 is 1.93 bits per heavy atom. The average molecular weight is 397 g/mol. The van der Waals surface area contributed by atoms with E-state index in [4.69, 9.17) is 4.74 Å². The highest BCUT2D eigenvalue weighted by Gasteiger charge is 2.14. The summed E-state index contributed by atoms with van der Waals surface area (Å²) in [4.78, 5) is 12.3. The lowest BCUT2D eigenvalue weighted by molar-refractivity contribution is -0.113. The van der Waals surface area contributed by atoms with E-state index >= 15 is 0 Å². The molecule has 0 bridgehead atoms. The third kappa shape index (κ3) is 4.92. The lowest BCUT2D eigenvalue weighted by Gasteiger charge is -2.09. The summed E-state index contributed by atoms with van der Waals surface area (Å²) in [6, 6.07) is 15.5. The number of rotatable bonds is 8. The molecule has 1 heterocycles. The van der Waals surface area contributed by atoms with E-state index in [1.807, 2.05) is 54.8 Å². The van der Waals surface area contributed by atoms with Crippen molar-refractivity contribution in [3.63, 3.8) is 0 Å². The van der Waals surface area contributed by atoms with E-state index in [0.29, 0.717) is 6.61 Å². The highest BCUT2D eigenvalue weighted by molar-refractivity contribution is 7.99. The molecule has 0 unspecified atom stereocenters. The number of nitrogens with zero attached hydrogens (tertiary/aromatic N) is 3. The molecule has 0 atom stereocenters. The van der Waals surface area contributed by atoms with E-state index in [9.17, 15) is 4.79 Å². The monoisotopic (exact) mass is 396 g/mol. The van der Waals surface area contributed by atoms with Gasteiger partial charge in [0.15, 0.2) is 11.0 Å². The first kappa shape index (κ1) is 19.9. The van der Waals surface area contributed by atoms with E-state index in [-0.39, 0.29) is 11.7 Å². The van der Waals surface area contributed by atoms with Crippen molar-refractivity contribution in [2.75, 3.05) is 17.7 Å². The van der Waals surface area contributed by atoms with Gasteiger partial charge in [-0.15, -0.1) is 10.2 Å². The largest absolute Gasteiger partial charge is 0.494 e. The zero-order valence-electron chi connectivity index (χ0n) is 16.3. The quantitative estimate of drug-likeness (QED) is 0.572. The van der Waals surface area contributed by atoms with Gasteiger partial charge in [0.1, 0.15) is 5.75 Å². The Bertz CT molecular complexity index is 938. The van der Waals surface area contributed by atoms with Crippen LogP contribution in [0.1, 0.15) is 19.4 Å². The van der Waals surface area contributed by atoms with E-state index in [0.717, 1.165) is 34.5 Å². The van der Waals surface area contributed by atoms with Crippen LogP contribution in [0, 0.1) is 6.92 Å². The first-order valence-electron chi connectivity index (χ1n) is 9.26. The number of hydrogen-bond donors (Lipinski definition) is 1. The molecule has 7 heteroatoms. The summed E-state index contributed by atoms with van der Waals surface area (Å²) >= 11 is 1.38. The molecule has 0 aliphatic carbocycles. The molecule has 3 aromatic rings. The molecule has 6 nitrogen and oxygen atoms in total. The Morgan fingerprint density at radius 1 is 1.14 bits per heavy atom.